The molecule has 1 saturated heterocycles. The number of piperazine rings is 1. The number of halogens is 1. The molecule has 0 spiro atoms. The molecule has 8 nitrogen and oxygen atoms in total. The molecule has 0 bridgehead atoms. The van der Waals surface area contributed by atoms with Gasteiger partial charge < -0.3 is 19.3 Å². The predicted octanol–water partition coefficient (Wildman–Crippen LogP) is 3.31. The first-order valence-electron chi connectivity index (χ1n) is 11.2. The van der Waals surface area contributed by atoms with Gasteiger partial charge in [-0.2, -0.15) is 4.98 Å². The minimum atomic E-state index is -0.293. The van der Waals surface area contributed by atoms with Crippen molar-refractivity contribution in [1.82, 2.24) is 20.0 Å². The highest BCUT2D eigenvalue weighted by molar-refractivity contribution is 5.83. The quantitative estimate of drug-likeness (QED) is 0.490. The highest BCUT2D eigenvalue weighted by Crippen LogP contribution is 2.20. The number of rotatable bonds is 5. The molecule has 1 fully saturated rings. The van der Waals surface area contributed by atoms with Crippen molar-refractivity contribution in [1.29, 1.82) is 0 Å². The molecule has 0 unspecified atom stereocenters. The summed E-state index contributed by atoms with van der Waals surface area (Å²) >= 11 is 0. The number of pyridine rings is 1. The molecule has 5 rings (SSSR count). The van der Waals surface area contributed by atoms with E-state index >= 15 is 0 Å². The molecular formula is C25H24FN5O3. The van der Waals surface area contributed by atoms with Crippen LogP contribution in [0.2, 0.25) is 0 Å². The summed E-state index contributed by atoms with van der Waals surface area (Å²) in [6, 6.07) is 13.9. The largest absolute Gasteiger partial charge is 0.368 e. The summed E-state index contributed by atoms with van der Waals surface area (Å²) in [6.07, 6.45) is 0.542. The zero-order valence-corrected chi connectivity index (χ0v) is 18.8. The van der Waals surface area contributed by atoms with Crippen LogP contribution >= 0.6 is 0 Å². The van der Waals surface area contributed by atoms with Gasteiger partial charge in [-0.25, -0.2) is 4.39 Å². The van der Waals surface area contributed by atoms with Crippen molar-refractivity contribution in [3.8, 4) is 11.4 Å². The first-order chi connectivity index (χ1) is 16.5. The summed E-state index contributed by atoms with van der Waals surface area (Å²) in [5, 5.41) is 4.84. The van der Waals surface area contributed by atoms with E-state index in [4.69, 9.17) is 4.52 Å². The number of H-pyrrole nitrogens is 1. The van der Waals surface area contributed by atoms with Crippen LogP contribution in [0.25, 0.3) is 22.3 Å². The van der Waals surface area contributed by atoms with Gasteiger partial charge in [-0.15, -0.1) is 0 Å². The number of anilines is 1. The Balaban J connectivity index is 1.19. The first kappa shape index (κ1) is 21.8. The zero-order chi connectivity index (χ0) is 23.7. The maximum atomic E-state index is 13.1. The summed E-state index contributed by atoms with van der Waals surface area (Å²) in [7, 11) is 0. The number of amides is 1. The summed E-state index contributed by atoms with van der Waals surface area (Å²) < 4.78 is 18.4. The van der Waals surface area contributed by atoms with Gasteiger partial charge in [0.15, 0.2) is 0 Å². The third-order valence-electron chi connectivity index (χ3n) is 6.09. The highest BCUT2D eigenvalue weighted by Gasteiger charge is 2.22. The van der Waals surface area contributed by atoms with Gasteiger partial charge in [-0.05, 0) is 54.8 Å². The van der Waals surface area contributed by atoms with Gasteiger partial charge in [-0.3, -0.25) is 9.59 Å². The van der Waals surface area contributed by atoms with Crippen molar-refractivity contribution in [3.63, 3.8) is 0 Å². The van der Waals surface area contributed by atoms with Crippen molar-refractivity contribution in [3.05, 3.63) is 76.2 Å². The van der Waals surface area contributed by atoms with Gasteiger partial charge in [0.1, 0.15) is 5.82 Å². The molecule has 9 heteroatoms. The number of fused-ring (bicyclic) bond motifs is 1. The molecule has 0 aliphatic carbocycles. The lowest BCUT2D eigenvalue weighted by Crippen LogP contribution is -2.48. The molecule has 1 aliphatic rings. The fourth-order valence-electron chi connectivity index (χ4n) is 4.20. The van der Waals surface area contributed by atoms with Crippen LogP contribution in [0.15, 0.2) is 57.8 Å². The minimum Gasteiger partial charge on any atom is -0.368 e. The van der Waals surface area contributed by atoms with E-state index in [1.165, 1.54) is 12.1 Å². The summed E-state index contributed by atoms with van der Waals surface area (Å²) in [5.41, 5.74) is 2.81. The Labute approximate surface area is 195 Å². The fourth-order valence-corrected chi connectivity index (χ4v) is 4.20. The van der Waals surface area contributed by atoms with Crippen LogP contribution in [0.5, 0.6) is 0 Å². The van der Waals surface area contributed by atoms with E-state index in [9.17, 15) is 14.0 Å². The molecule has 0 radical (unpaired) electrons. The predicted molar refractivity (Wildman–Crippen MR) is 126 cm³/mol. The van der Waals surface area contributed by atoms with Crippen molar-refractivity contribution in [2.24, 2.45) is 0 Å². The topological polar surface area (TPSA) is 95.3 Å². The number of hydrogen-bond acceptors (Lipinski definition) is 6. The second kappa shape index (κ2) is 9.09. The van der Waals surface area contributed by atoms with E-state index in [2.05, 4.69) is 20.0 Å². The number of nitrogens with zero attached hydrogens (tertiary/aromatic N) is 4. The van der Waals surface area contributed by atoms with Crippen LogP contribution < -0.4 is 10.5 Å². The monoisotopic (exact) mass is 461 g/mol. The molecule has 34 heavy (non-hydrogen) atoms. The Morgan fingerprint density at radius 3 is 2.62 bits per heavy atom. The molecule has 174 valence electrons. The molecule has 2 aromatic heterocycles. The van der Waals surface area contributed by atoms with E-state index in [0.717, 1.165) is 22.2 Å². The van der Waals surface area contributed by atoms with Gasteiger partial charge >= 0.3 is 0 Å². The Morgan fingerprint density at radius 2 is 1.85 bits per heavy atom. The van der Waals surface area contributed by atoms with E-state index in [1.54, 1.807) is 18.2 Å². The SMILES string of the molecule is Cc1ccc2[nH]c(=O)c(-c3noc(CCC(=O)N4CCN(c5ccc(F)cc5)CC4)n3)cc2c1. The van der Waals surface area contributed by atoms with Crippen LogP contribution in [0.3, 0.4) is 0 Å². The Hall–Kier alpha value is -4.01. The van der Waals surface area contributed by atoms with Crippen LogP contribution in [-0.4, -0.2) is 52.1 Å². The van der Waals surface area contributed by atoms with Gasteiger partial charge in [0, 0.05) is 50.2 Å². The molecule has 1 aliphatic heterocycles. The number of benzene rings is 2. The first-order valence-corrected chi connectivity index (χ1v) is 11.2. The number of aromatic nitrogens is 3. The summed E-state index contributed by atoms with van der Waals surface area (Å²) in [4.78, 5) is 36.3. The number of aromatic amines is 1. The standard InChI is InChI=1S/C25H24FN5O3/c1-16-2-7-21-17(14-16)15-20(25(33)27-21)24-28-22(34-29-24)8-9-23(32)31-12-10-30(11-13-31)19-5-3-18(26)4-6-19/h2-7,14-15H,8-13H2,1H3,(H,27,33). The van der Waals surface area contributed by atoms with Gasteiger partial charge in [0.2, 0.25) is 17.6 Å². The van der Waals surface area contributed by atoms with E-state index < -0.39 is 0 Å². The summed E-state index contributed by atoms with van der Waals surface area (Å²) in [6.45, 7) is 4.54. The third kappa shape index (κ3) is 4.54. The third-order valence-corrected chi connectivity index (χ3v) is 6.09. The van der Waals surface area contributed by atoms with Gasteiger partial charge in [0.05, 0.1) is 5.56 Å². The van der Waals surface area contributed by atoms with Gasteiger partial charge in [-0.1, -0.05) is 16.8 Å². The minimum absolute atomic E-state index is 0.0116. The lowest BCUT2D eigenvalue weighted by atomic mass is 10.1. The average Bonchev–Trinajstić information content (AvgIpc) is 3.32. The molecule has 1 N–H and O–H groups in total. The zero-order valence-electron chi connectivity index (χ0n) is 18.8. The number of carbonyl (C=O) groups excluding carboxylic acids is 1. The molecule has 0 atom stereocenters. The van der Waals surface area contributed by atoms with Gasteiger partial charge in [0.25, 0.3) is 5.56 Å². The van der Waals surface area contributed by atoms with Crippen LogP contribution in [0.1, 0.15) is 17.9 Å². The molecule has 2 aromatic carbocycles. The number of hydrogen-bond donors (Lipinski definition) is 1. The number of carbonyl (C=O) groups is 1. The number of aryl methyl sites for hydroxylation is 2. The maximum absolute atomic E-state index is 13.1. The van der Waals surface area contributed by atoms with E-state index in [-0.39, 0.29) is 29.5 Å². The van der Waals surface area contributed by atoms with E-state index in [0.29, 0.717) is 44.1 Å². The van der Waals surface area contributed by atoms with Crippen LogP contribution in [-0.2, 0) is 11.2 Å². The lowest BCUT2D eigenvalue weighted by molar-refractivity contribution is -0.131. The van der Waals surface area contributed by atoms with Crippen molar-refractivity contribution in [2.45, 2.75) is 19.8 Å². The molecular weight excluding hydrogens is 437 g/mol. The molecule has 0 saturated carbocycles. The normalized spacial score (nSPS) is 14.1. The Bertz CT molecular complexity index is 1390. The van der Waals surface area contributed by atoms with Crippen LogP contribution in [0, 0.1) is 12.7 Å². The molecule has 1 amide bonds. The van der Waals surface area contributed by atoms with Crippen molar-refractivity contribution < 1.29 is 13.7 Å². The number of nitrogens with one attached hydrogen (secondary N) is 1. The Kier molecular flexibility index (Phi) is 5.83. The Morgan fingerprint density at radius 1 is 1.09 bits per heavy atom. The van der Waals surface area contributed by atoms with Crippen molar-refractivity contribution in [2.75, 3.05) is 31.1 Å². The lowest BCUT2D eigenvalue weighted by Gasteiger charge is -2.36. The summed E-state index contributed by atoms with van der Waals surface area (Å²) in [5.74, 6) is 0.275. The maximum Gasteiger partial charge on any atom is 0.259 e. The molecule has 4 aromatic rings. The second-order valence-electron chi connectivity index (χ2n) is 8.46. The highest BCUT2D eigenvalue weighted by atomic mass is 19.1. The molecule has 3 heterocycles. The van der Waals surface area contributed by atoms with E-state index in [1.807, 2.05) is 30.0 Å². The smallest absolute Gasteiger partial charge is 0.259 e. The average molecular weight is 461 g/mol. The second-order valence-corrected chi connectivity index (χ2v) is 8.46. The van der Waals surface area contributed by atoms with Crippen LogP contribution in [0.4, 0.5) is 10.1 Å². The van der Waals surface area contributed by atoms with Crippen molar-refractivity contribution >= 4 is 22.5 Å². The fraction of sp³-hybridized carbons (Fsp3) is 0.280.